The highest BCUT2D eigenvalue weighted by atomic mass is 79.9. The molecule has 10 heteroatoms. The molecule has 0 spiro atoms. The van der Waals surface area contributed by atoms with Crippen molar-refractivity contribution in [3.63, 3.8) is 0 Å². The first-order valence-electron chi connectivity index (χ1n) is 8.18. The molecule has 144 valence electrons. The number of amides is 1. The fourth-order valence-corrected chi connectivity index (χ4v) is 3.02. The van der Waals surface area contributed by atoms with Crippen LogP contribution in [-0.2, 0) is 11.4 Å². The average molecular weight is 453 g/mol. The molecule has 1 heterocycles. The third-order valence-electron chi connectivity index (χ3n) is 4.02. The molecule has 0 aliphatic rings. The van der Waals surface area contributed by atoms with E-state index >= 15 is 0 Å². The van der Waals surface area contributed by atoms with E-state index in [-0.39, 0.29) is 24.2 Å². The molecular formula is C17H21BrN6O2S. The lowest BCUT2D eigenvalue weighted by Crippen LogP contribution is -2.49. The van der Waals surface area contributed by atoms with Crippen LogP contribution < -0.4 is 15.9 Å². The van der Waals surface area contributed by atoms with Crippen LogP contribution in [0.1, 0.15) is 26.6 Å². The van der Waals surface area contributed by atoms with Crippen LogP contribution in [0.3, 0.4) is 0 Å². The molecule has 0 radical (unpaired) electrons. The van der Waals surface area contributed by atoms with Crippen molar-refractivity contribution in [2.24, 2.45) is 5.92 Å². The number of carbonyl (C=O) groups excluding carboxylic acids is 1. The number of nitrogens with one attached hydrogen (secondary N) is 1. The van der Waals surface area contributed by atoms with Gasteiger partial charge in [-0.25, -0.2) is 4.68 Å². The van der Waals surface area contributed by atoms with E-state index in [0.29, 0.717) is 16.7 Å². The summed E-state index contributed by atoms with van der Waals surface area (Å²) in [5.41, 5.74) is -0.920. The zero-order chi connectivity index (χ0) is 20.0. The van der Waals surface area contributed by atoms with E-state index in [0.717, 1.165) is 16.2 Å². The van der Waals surface area contributed by atoms with Gasteiger partial charge in [0, 0.05) is 4.47 Å². The summed E-state index contributed by atoms with van der Waals surface area (Å²) in [6.07, 6.45) is 0. The zero-order valence-electron chi connectivity index (χ0n) is 15.3. The largest absolute Gasteiger partial charge is 0.485 e. The normalized spacial score (nSPS) is 13.0. The smallest absolute Gasteiger partial charge is 0.231 e. The van der Waals surface area contributed by atoms with E-state index in [1.54, 1.807) is 6.92 Å². The number of benzene rings is 1. The Balaban J connectivity index is 1.91. The molecule has 27 heavy (non-hydrogen) atoms. The molecule has 0 saturated carbocycles. The maximum Gasteiger partial charge on any atom is 0.231 e. The minimum atomic E-state index is -0.920. The van der Waals surface area contributed by atoms with Gasteiger partial charge in [0.2, 0.25) is 11.1 Å². The van der Waals surface area contributed by atoms with Crippen molar-refractivity contribution in [1.29, 1.82) is 5.26 Å². The molecule has 2 rings (SSSR count). The topological polar surface area (TPSA) is 119 Å². The molecule has 0 bridgehead atoms. The molecule has 0 aliphatic heterocycles. The number of thioether (sulfide) groups is 1. The fourth-order valence-electron chi connectivity index (χ4n) is 1.97. The molecule has 0 aliphatic carbocycles. The first-order chi connectivity index (χ1) is 12.7. The Kier molecular flexibility index (Phi) is 7.10. The van der Waals surface area contributed by atoms with E-state index in [9.17, 15) is 10.1 Å². The van der Waals surface area contributed by atoms with Gasteiger partial charge in [-0.3, -0.25) is 4.79 Å². The number of hydrogen-bond donors (Lipinski definition) is 2. The van der Waals surface area contributed by atoms with E-state index < -0.39 is 5.54 Å². The highest BCUT2D eigenvalue weighted by molar-refractivity contribution is 9.10. The van der Waals surface area contributed by atoms with E-state index in [2.05, 4.69) is 37.5 Å². The van der Waals surface area contributed by atoms with Crippen LogP contribution in [0.5, 0.6) is 5.75 Å². The van der Waals surface area contributed by atoms with Crippen molar-refractivity contribution in [2.45, 2.75) is 38.1 Å². The van der Waals surface area contributed by atoms with E-state index in [4.69, 9.17) is 10.6 Å². The summed E-state index contributed by atoms with van der Waals surface area (Å²) in [4.78, 5) is 12.1. The number of hydrogen-bond acceptors (Lipinski definition) is 7. The maximum atomic E-state index is 12.1. The fraction of sp³-hybridized carbons (Fsp3) is 0.412. The molecule has 0 unspecified atom stereocenters. The Morgan fingerprint density at radius 3 is 2.89 bits per heavy atom. The monoisotopic (exact) mass is 452 g/mol. The number of halogens is 1. The molecule has 1 atom stereocenters. The van der Waals surface area contributed by atoms with E-state index in [1.807, 2.05) is 38.1 Å². The molecule has 0 saturated heterocycles. The van der Waals surface area contributed by atoms with Gasteiger partial charge in [0.25, 0.3) is 0 Å². The lowest BCUT2D eigenvalue weighted by molar-refractivity contribution is -0.120. The van der Waals surface area contributed by atoms with Gasteiger partial charge in [-0.1, -0.05) is 47.6 Å². The van der Waals surface area contributed by atoms with Crippen molar-refractivity contribution < 1.29 is 9.53 Å². The van der Waals surface area contributed by atoms with Crippen molar-refractivity contribution in [2.75, 3.05) is 11.6 Å². The van der Waals surface area contributed by atoms with Gasteiger partial charge in [-0.2, -0.15) is 5.26 Å². The number of nitriles is 1. The zero-order valence-corrected chi connectivity index (χ0v) is 17.7. The summed E-state index contributed by atoms with van der Waals surface area (Å²) in [5.74, 6) is 6.87. The maximum absolute atomic E-state index is 12.1. The van der Waals surface area contributed by atoms with Gasteiger partial charge in [0.1, 0.15) is 17.9 Å². The molecular weight excluding hydrogens is 432 g/mol. The third-order valence-corrected chi connectivity index (χ3v) is 5.45. The molecule has 8 nitrogen and oxygen atoms in total. The van der Waals surface area contributed by atoms with Gasteiger partial charge >= 0.3 is 0 Å². The molecule has 0 fully saturated rings. The lowest BCUT2D eigenvalue weighted by Gasteiger charge is -2.27. The summed E-state index contributed by atoms with van der Waals surface area (Å²) in [6, 6.07) is 9.55. The Morgan fingerprint density at radius 1 is 1.52 bits per heavy atom. The number of nitrogen functional groups attached to an aromatic ring is 1. The summed E-state index contributed by atoms with van der Waals surface area (Å²) in [7, 11) is 0. The summed E-state index contributed by atoms with van der Waals surface area (Å²) >= 11 is 4.52. The van der Waals surface area contributed by atoms with Gasteiger partial charge < -0.3 is 15.9 Å². The van der Waals surface area contributed by atoms with Crippen LogP contribution >= 0.6 is 27.7 Å². The van der Waals surface area contributed by atoms with E-state index in [1.165, 1.54) is 4.68 Å². The first kappa shape index (κ1) is 21.1. The Bertz CT molecular complexity index is 850. The van der Waals surface area contributed by atoms with Crippen LogP contribution in [0.2, 0.25) is 0 Å². The Hall–Kier alpha value is -2.25. The molecule has 1 amide bonds. The summed E-state index contributed by atoms with van der Waals surface area (Å²) < 4.78 is 7.84. The Morgan fingerprint density at radius 2 is 2.26 bits per heavy atom. The number of nitrogens with zero attached hydrogens (tertiary/aromatic N) is 4. The Labute approximate surface area is 170 Å². The predicted molar refractivity (Wildman–Crippen MR) is 106 cm³/mol. The summed E-state index contributed by atoms with van der Waals surface area (Å²) in [5, 5.41) is 20.4. The molecule has 3 N–H and O–H groups in total. The number of rotatable bonds is 8. The van der Waals surface area contributed by atoms with Crippen molar-refractivity contribution >= 4 is 33.6 Å². The SMILES string of the molecule is CC(C)[C@@](C)(C#N)NC(=O)CSc1nnc(COc2cccc(Br)c2)n1N. The first-order valence-corrected chi connectivity index (χ1v) is 9.96. The van der Waals surface area contributed by atoms with Crippen LogP contribution in [0.4, 0.5) is 0 Å². The molecule has 1 aromatic carbocycles. The van der Waals surface area contributed by atoms with Crippen molar-refractivity contribution in [3.05, 3.63) is 34.6 Å². The van der Waals surface area contributed by atoms with Crippen molar-refractivity contribution in [3.8, 4) is 11.8 Å². The van der Waals surface area contributed by atoms with Gasteiger partial charge in [0.15, 0.2) is 5.82 Å². The standard InChI is InChI=1S/C17H21BrN6O2S/c1-11(2)17(3,10-19)21-15(25)9-27-16-23-22-14(24(16)20)8-26-13-6-4-5-12(18)7-13/h4-7,11H,8-9,20H2,1-3H3,(H,21,25)/t17-/m1/s1. The second-order valence-electron chi connectivity index (χ2n) is 6.32. The summed E-state index contributed by atoms with van der Waals surface area (Å²) in [6.45, 7) is 5.60. The average Bonchev–Trinajstić information content (AvgIpc) is 2.98. The second kappa shape index (κ2) is 9.10. The van der Waals surface area contributed by atoms with Gasteiger partial charge in [-0.05, 0) is 31.0 Å². The third kappa shape index (κ3) is 5.61. The minimum Gasteiger partial charge on any atom is -0.485 e. The highest BCUT2D eigenvalue weighted by Crippen LogP contribution is 2.20. The van der Waals surface area contributed by atoms with Crippen LogP contribution in [0.25, 0.3) is 0 Å². The van der Waals surface area contributed by atoms with Crippen LogP contribution in [0.15, 0.2) is 33.9 Å². The molecule has 1 aromatic heterocycles. The molecule has 2 aromatic rings. The predicted octanol–water partition coefficient (Wildman–Crippen LogP) is 2.48. The number of nitrogens with two attached hydrogens (primary N) is 1. The van der Waals surface area contributed by atoms with Gasteiger partial charge in [0.05, 0.1) is 11.8 Å². The van der Waals surface area contributed by atoms with Crippen molar-refractivity contribution in [1.82, 2.24) is 20.2 Å². The lowest BCUT2D eigenvalue weighted by atomic mass is 9.90. The number of aromatic nitrogens is 3. The van der Waals surface area contributed by atoms with Crippen LogP contribution in [-0.4, -0.2) is 32.1 Å². The quantitative estimate of drug-likeness (QED) is 0.466. The minimum absolute atomic E-state index is 0.0172. The van der Waals surface area contributed by atoms with Crippen LogP contribution in [0, 0.1) is 17.2 Å². The second-order valence-corrected chi connectivity index (χ2v) is 8.18. The highest BCUT2D eigenvalue weighted by Gasteiger charge is 2.30. The number of carbonyl (C=O) groups is 1. The number of ether oxygens (including phenoxy) is 1. The van der Waals surface area contributed by atoms with Gasteiger partial charge in [-0.15, -0.1) is 10.2 Å².